The highest BCUT2D eigenvalue weighted by Gasteiger charge is 2.18. The molecule has 0 amide bonds. The molecule has 0 aromatic heterocycles. The Morgan fingerprint density at radius 1 is 1.22 bits per heavy atom. The third kappa shape index (κ3) is 9.72. The van der Waals surface area contributed by atoms with E-state index < -0.39 is 0 Å². The maximum Gasteiger partial charge on any atom is 0.193 e. The van der Waals surface area contributed by atoms with Gasteiger partial charge in [0, 0.05) is 39.2 Å². The highest BCUT2D eigenvalue weighted by Crippen LogP contribution is 2.13. The van der Waals surface area contributed by atoms with Crippen LogP contribution in [0.4, 0.5) is 0 Å². The first-order chi connectivity index (χ1) is 10.7. The summed E-state index contributed by atoms with van der Waals surface area (Å²) in [5.74, 6) is 1.69. The molecule has 0 aromatic carbocycles. The molecule has 0 aromatic rings. The summed E-state index contributed by atoms with van der Waals surface area (Å²) in [7, 11) is 2.13. The summed E-state index contributed by atoms with van der Waals surface area (Å²) in [6.07, 6.45) is 3.56. The molecule has 0 spiro atoms. The van der Waals surface area contributed by atoms with Crippen molar-refractivity contribution in [2.45, 2.75) is 40.0 Å². The maximum atomic E-state index is 5.46. The molecule has 1 heterocycles. The Hall–Kier alpha value is -0.0800. The summed E-state index contributed by atoms with van der Waals surface area (Å²) in [5, 5.41) is 3.40. The van der Waals surface area contributed by atoms with E-state index in [1.54, 1.807) is 0 Å². The highest BCUT2D eigenvalue weighted by atomic mass is 127. The summed E-state index contributed by atoms with van der Waals surface area (Å²) in [4.78, 5) is 9.51. The van der Waals surface area contributed by atoms with Crippen molar-refractivity contribution in [3.8, 4) is 0 Å². The van der Waals surface area contributed by atoms with Crippen molar-refractivity contribution in [3.63, 3.8) is 0 Å². The van der Waals surface area contributed by atoms with E-state index in [4.69, 9.17) is 9.73 Å². The molecule has 138 valence electrons. The topological polar surface area (TPSA) is 40.1 Å². The zero-order valence-corrected chi connectivity index (χ0v) is 17.8. The summed E-state index contributed by atoms with van der Waals surface area (Å²) >= 11 is 0. The zero-order chi connectivity index (χ0) is 16.2. The van der Waals surface area contributed by atoms with Gasteiger partial charge in [0.05, 0.1) is 6.61 Å². The van der Waals surface area contributed by atoms with Gasteiger partial charge < -0.3 is 19.9 Å². The third-order valence-corrected chi connectivity index (χ3v) is 4.29. The van der Waals surface area contributed by atoms with Gasteiger partial charge in [-0.05, 0) is 45.8 Å². The van der Waals surface area contributed by atoms with Gasteiger partial charge in [-0.3, -0.25) is 4.99 Å². The fraction of sp³-hybridized carbons (Fsp3) is 0.941. The Labute approximate surface area is 160 Å². The molecular weight excluding hydrogens is 403 g/mol. The molecule has 1 saturated heterocycles. The van der Waals surface area contributed by atoms with Crippen LogP contribution in [0, 0.1) is 5.92 Å². The quantitative estimate of drug-likeness (QED) is 0.246. The van der Waals surface area contributed by atoms with E-state index in [-0.39, 0.29) is 24.0 Å². The van der Waals surface area contributed by atoms with Gasteiger partial charge in [0.15, 0.2) is 5.96 Å². The van der Waals surface area contributed by atoms with Crippen LogP contribution in [-0.4, -0.2) is 75.3 Å². The van der Waals surface area contributed by atoms with Crippen LogP contribution >= 0.6 is 24.0 Å². The van der Waals surface area contributed by atoms with E-state index in [2.05, 4.69) is 42.9 Å². The second kappa shape index (κ2) is 14.3. The molecular formula is C17H37IN4O. The van der Waals surface area contributed by atoms with E-state index >= 15 is 0 Å². The van der Waals surface area contributed by atoms with Gasteiger partial charge in [0.2, 0.25) is 0 Å². The largest absolute Gasteiger partial charge is 0.381 e. The zero-order valence-electron chi connectivity index (χ0n) is 15.5. The molecule has 0 bridgehead atoms. The van der Waals surface area contributed by atoms with Crippen LogP contribution in [0.25, 0.3) is 0 Å². The fourth-order valence-corrected chi connectivity index (χ4v) is 2.84. The number of ether oxygens (including phenoxy) is 1. The van der Waals surface area contributed by atoms with Crippen LogP contribution in [0.3, 0.4) is 0 Å². The summed E-state index contributed by atoms with van der Waals surface area (Å²) < 4.78 is 5.46. The minimum atomic E-state index is 0. The smallest absolute Gasteiger partial charge is 0.193 e. The SMILES string of the molecule is CCNC(=NCCCCN(CC)CC)N(C)CC1CCOC1.I. The van der Waals surface area contributed by atoms with Gasteiger partial charge in [-0.15, -0.1) is 24.0 Å². The molecule has 1 atom stereocenters. The van der Waals surface area contributed by atoms with Gasteiger partial charge in [-0.1, -0.05) is 13.8 Å². The van der Waals surface area contributed by atoms with Crippen LogP contribution < -0.4 is 5.32 Å². The van der Waals surface area contributed by atoms with Gasteiger partial charge in [0.1, 0.15) is 0 Å². The maximum absolute atomic E-state index is 5.46. The van der Waals surface area contributed by atoms with Crippen molar-refractivity contribution in [1.29, 1.82) is 0 Å². The standard InChI is InChI=1S/C17H36N4O.HI/c1-5-18-17(20(4)14-16-10-13-22-15-16)19-11-8-9-12-21(6-2)7-3;/h16H,5-15H2,1-4H3,(H,18,19);1H. The van der Waals surface area contributed by atoms with Crippen LogP contribution in [0.1, 0.15) is 40.0 Å². The lowest BCUT2D eigenvalue weighted by atomic mass is 10.1. The molecule has 1 unspecified atom stereocenters. The van der Waals surface area contributed by atoms with Crippen LogP contribution in [0.5, 0.6) is 0 Å². The Balaban J connectivity index is 0.00000484. The molecule has 1 N–H and O–H groups in total. The lowest BCUT2D eigenvalue weighted by molar-refractivity contribution is 0.181. The number of hydrogen-bond donors (Lipinski definition) is 1. The second-order valence-electron chi connectivity index (χ2n) is 6.08. The molecule has 0 saturated carbocycles. The van der Waals surface area contributed by atoms with E-state index in [1.807, 2.05) is 0 Å². The molecule has 0 aliphatic carbocycles. The summed E-state index contributed by atoms with van der Waals surface area (Å²) in [6.45, 7) is 14.7. The molecule has 0 radical (unpaired) electrons. The van der Waals surface area contributed by atoms with Gasteiger partial charge in [0.25, 0.3) is 0 Å². The Kier molecular flexibility index (Phi) is 14.2. The van der Waals surface area contributed by atoms with Crippen molar-refractivity contribution in [2.75, 3.05) is 59.5 Å². The average molecular weight is 440 g/mol. The van der Waals surface area contributed by atoms with Crippen molar-refractivity contribution in [2.24, 2.45) is 10.9 Å². The summed E-state index contributed by atoms with van der Waals surface area (Å²) in [6, 6.07) is 0. The first kappa shape index (κ1) is 22.9. The van der Waals surface area contributed by atoms with Gasteiger partial charge in [-0.2, -0.15) is 0 Å². The molecule has 23 heavy (non-hydrogen) atoms. The van der Waals surface area contributed by atoms with E-state index in [0.29, 0.717) is 5.92 Å². The van der Waals surface area contributed by atoms with E-state index in [9.17, 15) is 0 Å². The predicted molar refractivity (Wildman–Crippen MR) is 110 cm³/mol. The van der Waals surface area contributed by atoms with Gasteiger partial charge in [-0.25, -0.2) is 0 Å². The lowest BCUT2D eigenvalue weighted by Crippen LogP contribution is -2.41. The predicted octanol–water partition coefficient (Wildman–Crippen LogP) is 2.66. The number of halogens is 1. The molecule has 1 aliphatic heterocycles. The van der Waals surface area contributed by atoms with E-state index in [1.165, 1.54) is 19.4 Å². The number of guanidine groups is 1. The van der Waals surface area contributed by atoms with E-state index in [0.717, 1.165) is 58.3 Å². The van der Waals surface area contributed by atoms with Crippen molar-refractivity contribution in [3.05, 3.63) is 0 Å². The first-order valence-corrected chi connectivity index (χ1v) is 9.00. The Morgan fingerprint density at radius 2 is 1.96 bits per heavy atom. The monoisotopic (exact) mass is 440 g/mol. The molecule has 5 nitrogen and oxygen atoms in total. The Morgan fingerprint density at radius 3 is 2.52 bits per heavy atom. The number of nitrogens with one attached hydrogen (secondary N) is 1. The molecule has 6 heteroatoms. The minimum Gasteiger partial charge on any atom is -0.381 e. The number of unbranched alkanes of at least 4 members (excludes halogenated alkanes) is 1. The Bertz CT molecular complexity index is 305. The van der Waals surface area contributed by atoms with Crippen molar-refractivity contribution >= 4 is 29.9 Å². The molecule has 1 fully saturated rings. The second-order valence-corrected chi connectivity index (χ2v) is 6.08. The van der Waals surface area contributed by atoms with Crippen LogP contribution in [-0.2, 0) is 4.74 Å². The average Bonchev–Trinajstić information content (AvgIpc) is 3.02. The normalized spacial score (nSPS) is 18.1. The number of hydrogen-bond acceptors (Lipinski definition) is 3. The molecule has 1 rings (SSSR count). The minimum absolute atomic E-state index is 0. The highest BCUT2D eigenvalue weighted by molar-refractivity contribution is 14.0. The lowest BCUT2D eigenvalue weighted by Gasteiger charge is -2.24. The fourth-order valence-electron chi connectivity index (χ4n) is 2.84. The number of nitrogens with zero attached hydrogens (tertiary/aromatic N) is 3. The number of rotatable bonds is 10. The molecule has 1 aliphatic rings. The van der Waals surface area contributed by atoms with Crippen LogP contribution in [0.15, 0.2) is 4.99 Å². The summed E-state index contributed by atoms with van der Waals surface area (Å²) in [5.41, 5.74) is 0. The first-order valence-electron chi connectivity index (χ1n) is 9.00. The van der Waals surface area contributed by atoms with Gasteiger partial charge >= 0.3 is 0 Å². The van der Waals surface area contributed by atoms with Crippen LogP contribution in [0.2, 0.25) is 0 Å². The number of aliphatic imine (C=N–C) groups is 1. The van der Waals surface area contributed by atoms with Crippen molar-refractivity contribution < 1.29 is 4.74 Å². The third-order valence-electron chi connectivity index (χ3n) is 4.29. The van der Waals surface area contributed by atoms with Crippen molar-refractivity contribution in [1.82, 2.24) is 15.1 Å².